The molecule has 4 rings (SSSR count). The van der Waals surface area contributed by atoms with Gasteiger partial charge in [0, 0.05) is 23.3 Å². The maximum absolute atomic E-state index is 13.0. The van der Waals surface area contributed by atoms with Gasteiger partial charge in [-0.2, -0.15) is 0 Å². The van der Waals surface area contributed by atoms with Gasteiger partial charge in [-0.15, -0.1) is 10.2 Å². The van der Waals surface area contributed by atoms with Gasteiger partial charge in [-0.3, -0.25) is 9.36 Å². The number of carbonyl (C=O) groups is 1. The van der Waals surface area contributed by atoms with E-state index in [-0.39, 0.29) is 5.91 Å². The molecule has 0 spiro atoms. The van der Waals surface area contributed by atoms with Crippen molar-refractivity contribution >= 4 is 17.7 Å². The standard InChI is InChI=1S/C24H28N4OS/c1-17-12-14-21(15-13-17)28-23(20-10-5-4-6-11-20)25-26-24(28)30-16-22(29)27-18(2)8-7-9-19(27)3/h4-6,10-15,18-19H,7-9,16H2,1-3H3. The number of nitrogens with zero attached hydrogens (tertiary/aromatic N) is 4. The maximum Gasteiger partial charge on any atom is 0.233 e. The smallest absolute Gasteiger partial charge is 0.233 e. The minimum absolute atomic E-state index is 0.180. The normalized spacial score (nSPS) is 19.1. The van der Waals surface area contributed by atoms with Gasteiger partial charge in [-0.1, -0.05) is 59.8 Å². The highest BCUT2D eigenvalue weighted by atomic mass is 32.2. The van der Waals surface area contributed by atoms with E-state index in [1.807, 2.05) is 30.3 Å². The van der Waals surface area contributed by atoms with Crippen LogP contribution < -0.4 is 0 Å². The van der Waals surface area contributed by atoms with Crippen molar-refractivity contribution in [2.75, 3.05) is 5.75 Å². The van der Waals surface area contributed by atoms with Gasteiger partial charge in [0.15, 0.2) is 11.0 Å². The molecule has 156 valence electrons. The number of rotatable bonds is 5. The monoisotopic (exact) mass is 420 g/mol. The van der Waals surface area contributed by atoms with Gasteiger partial charge in [-0.25, -0.2) is 0 Å². The van der Waals surface area contributed by atoms with Gasteiger partial charge in [0.2, 0.25) is 5.91 Å². The van der Waals surface area contributed by atoms with Crippen LogP contribution in [0.25, 0.3) is 17.1 Å². The molecular formula is C24H28N4OS. The first-order valence-electron chi connectivity index (χ1n) is 10.6. The third kappa shape index (κ3) is 4.29. The molecule has 0 aliphatic carbocycles. The fourth-order valence-electron chi connectivity index (χ4n) is 4.18. The molecule has 1 aliphatic rings. The summed E-state index contributed by atoms with van der Waals surface area (Å²) in [6.07, 6.45) is 3.36. The summed E-state index contributed by atoms with van der Waals surface area (Å²) in [5, 5.41) is 9.66. The molecule has 2 aromatic carbocycles. The molecule has 1 aromatic heterocycles. The summed E-state index contributed by atoms with van der Waals surface area (Å²) in [6, 6.07) is 19.0. The number of aromatic nitrogens is 3. The summed E-state index contributed by atoms with van der Waals surface area (Å²) in [7, 11) is 0. The van der Waals surface area contributed by atoms with E-state index >= 15 is 0 Å². The van der Waals surface area contributed by atoms with Crippen molar-refractivity contribution in [3.63, 3.8) is 0 Å². The number of aryl methyl sites for hydroxylation is 1. The van der Waals surface area contributed by atoms with E-state index in [2.05, 4.69) is 64.7 Å². The molecule has 0 radical (unpaired) electrons. The van der Waals surface area contributed by atoms with Crippen molar-refractivity contribution < 1.29 is 4.79 Å². The third-order valence-corrected chi connectivity index (χ3v) is 6.68. The van der Waals surface area contributed by atoms with E-state index in [9.17, 15) is 4.79 Å². The summed E-state index contributed by atoms with van der Waals surface area (Å²) < 4.78 is 2.05. The van der Waals surface area contributed by atoms with Gasteiger partial charge in [0.1, 0.15) is 0 Å². The number of thioether (sulfide) groups is 1. The summed E-state index contributed by atoms with van der Waals surface area (Å²) in [4.78, 5) is 15.1. The van der Waals surface area contributed by atoms with E-state index in [1.54, 1.807) is 0 Å². The molecule has 6 heteroatoms. The highest BCUT2D eigenvalue weighted by Gasteiger charge is 2.29. The second-order valence-electron chi connectivity index (χ2n) is 8.06. The van der Waals surface area contributed by atoms with E-state index in [1.165, 1.54) is 23.7 Å². The van der Waals surface area contributed by atoms with Crippen LogP contribution in [-0.4, -0.2) is 43.4 Å². The third-order valence-electron chi connectivity index (χ3n) is 5.76. The Labute approximate surface area is 182 Å². The summed E-state index contributed by atoms with van der Waals surface area (Å²) in [5.74, 6) is 1.33. The zero-order chi connectivity index (χ0) is 21.1. The van der Waals surface area contributed by atoms with Crippen molar-refractivity contribution in [2.24, 2.45) is 0 Å². The van der Waals surface area contributed by atoms with Crippen LogP contribution in [-0.2, 0) is 4.79 Å². The maximum atomic E-state index is 13.0. The molecule has 1 fully saturated rings. The largest absolute Gasteiger partial charge is 0.337 e. The van der Waals surface area contributed by atoms with Crippen LogP contribution >= 0.6 is 11.8 Å². The van der Waals surface area contributed by atoms with Crippen molar-refractivity contribution in [1.82, 2.24) is 19.7 Å². The Morgan fingerprint density at radius 1 is 1.00 bits per heavy atom. The predicted octanol–water partition coefficient (Wildman–Crippen LogP) is 5.12. The Hall–Kier alpha value is -2.60. The summed E-state index contributed by atoms with van der Waals surface area (Å²) >= 11 is 1.47. The molecule has 2 heterocycles. The zero-order valence-corrected chi connectivity index (χ0v) is 18.6. The van der Waals surface area contributed by atoms with E-state index in [0.717, 1.165) is 35.1 Å². The average Bonchev–Trinajstić information content (AvgIpc) is 3.17. The number of hydrogen-bond donors (Lipinski definition) is 0. The minimum Gasteiger partial charge on any atom is -0.337 e. The Kier molecular flexibility index (Phi) is 6.23. The molecular weight excluding hydrogens is 392 g/mol. The molecule has 0 N–H and O–H groups in total. The van der Waals surface area contributed by atoms with E-state index in [4.69, 9.17) is 0 Å². The SMILES string of the molecule is Cc1ccc(-n2c(SCC(=O)N3C(C)CCCC3C)nnc2-c2ccccc2)cc1. The van der Waals surface area contributed by atoms with Gasteiger partial charge >= 0.3 is 0 Å². The highest BCUT2D eigenvalue weighted by Crippen LogP contribution is 2.29. The van der Waals surface area contributed by atoms with Crippen LogP contribution in [0.1, 0.15) is 38.7 Å². The Morgan fingerprint density at radius 2 is 1.67 bits per heavy atom. The Morgan fingerprint density at radius 3 is 2.33 bits per heavy atom. The lowest BCUT2D eigenvalue weighted by Gasteiger charge is -2.39. The van der Waals surface area contributed by atoms with E-state index in [0.29, 0.717) is 17.8 Å². The predicted molar refractivity (Wildman–Crippen MR) is 122 cm³/mol. The van der Waals surface area contributed by atoms with Crippen LogP contribution in [0.3, 0.4) is 0 Å². The number of benzene rings is 2. The van der Waals surface area contributed by atoms with Crippen LogP contribution in [0.5, 0.6) is 0 Å². The average molecular weight is 421 g/mol. The molecule has 5 nitrogen and oxygen atoms in total. The Bertz CT molecular complexity index is 990. The number of carbonyl (C=O) groups excluding carboxylic acids is 1. The van der Waals surface area contributed by atoms with Gasteiger partial charge < -0.3 is 4.90 Å². The molecule has 0 saturated carbocycles. The highest BCUT2D eigenvalue weighted by molar-refractivity contribution is 7.99. The second-order valence-corrected chi connectivity index (χ2v) is 9.00. The molecule has 1 aliphatic heterocycles. The van der Waals surface area contributed by atoms with Crippen molar-refractivity contribution in [3.8, 4) is 17.1 Å². The molecule has 2 unspecified atom stereocenters. The Balaban J connectivity index is 1.62. The summed E-state index contributed by atoms with van der Waals surface area (Å²) in [6.45, 7) is 6.38. The first-order chi connectivity index (χ1) is 14.5. The van der Waals surface area contributed by atoms with E-state index < -0.39 is 0 Å². The fourth-order valence-corrected chi connectivity index (χ4v) is 5.00. The van der Waals surface area contributed by atoms with Crippen LogP contribution in [0.4, 0.5) is 0 Å². The van der Waals surface area contributed by atoms with Crippen molar-refractivity contribution in [1.29, 1.82) is 0 Å². The zero-order valence-electron chi connectivity index (χ0n) is 17.8. The van der Waals surface area contributed by atoms with Crippen molar-refractivity contribution in [3.05, 3.63) is 60.2 Å². The summed E-state index contributed by atoms with van der Waals surface area (Å²) in [5.41, 5.74) is 3.20. The lowest BCUT2D eigenvalue weighted by Crippen LogP contribution is -2.48. The molecule has 3 aromatic rings. The number of hydrogen-bond acceptors (Lipinski definition) is 4. The molecule has 0 bridgehead atoms. The fraction of sp³-hybridized carbons (Fsp3) is 0.375. The lowest BCUT2D eigenvalue weighted by atomic mass is 9.98. The van der Waals surface area contributed by atoms with Gasteiger partial charge in [-0.05, 0) is 52.2 Å². The topological polar surface area (TPSA) is 51.0 Å². The molecule has 1 saturated heterocycles. The van der Waals surface area contributed by atoms with Gasteiger partial charge in [0.25, 0.3) is 0 Å². The molecule has 2 atom stereocenters. The number of piperidine rings is 1. The first kappa shape index (κ1) is 20.7. The molecule has 30 heavy (non-hydrogen) atoms. The molecule has 1 amide bonds. The van der Waals surface area contributed by atoms with Gasteiger partial charge in [0.05, 0.1) is 5.75 Å². The van der Waals surface area contributed by atoms with Crippen LogP contribution in [0.2, 0.25) is 0 Å². The quantitative estimate of drug-likeness (QED) is 0.537. The second kappa shape index (κ2) is 9.04. The number of amides is 1. The first-order valence-corrected chi connectivity index (χ1v) is 11.5. The lowest BCUT2D eigenvalue weighted by molar-refractivity contribution is -0.134. The minimum atomic E-state index is 0.180. The van der Waals surface area contributed by atoms with Crippen LogP contribution in [0, 0.1) is 6.92 Å². The van der Waals surface area contributed by atoms with Crippen molar-refractivity contribution in [2.45, 2.75) is 57.3 Å². The van der Waals surface area contributed by atoms with Crippen LogP contribution in [0.15, 0.2) is 59.8 Å². The number of likely N-dealkylation sites (tertiary alicyclic amines) is 1.